The van der Waals surface area contributed by atoms with Crippen LogP contribution >= 0.6 is 11.6 Å². The zero-order valence-electron chi connectivity index (χ0n) is 13.5. The molecular weight excluding hydrogens is 284 g/mol. The van der Waals surface area contributed by atoms with Gasteiger partial charge in [0.1, 0.15) is 0 Å². The van der Waals surface area contributed by atoms with Crippen molar-refractivity contribution in [3.05, 3.63) is 34.9 Å². The molecule has 0 aliphatic carbocycles. The van der Waals surface area contributed by atoms with Crippen LogP contribution in [0.1, 0.15) is 45.3 Å². The number of nitrogens with one attached hydrogen (secondary N) is 1. The van der Waals surface area contributed by atoms with Gasteiger partial charge in [0.25, 0.3) is 0 Å². The normalized spacial score (nSPS) is 14.4. The van der Waals surface area contributed by atoms with Crippen LogP contribution in [-0.2, 0) is 0 Å². The predicted octanol–water partition coefficient (Wildman–Crippen LogP) is 3.47. The van der Waals surface area contributed by atoms with Crippen molar-refractivity contribution in [3.63, 3.8) is 0 Å². The quantitative estimate of drug-likeness (QED) is 0.694. The summed E-state index contributed by atoms with van der Waals surface area (Å²) >= 11 is 6.09. The molecule has 120 valence electrons. The lowest BCUT2D eigenvalue weighted by Gasteiger charge is -2.21. The van der Waals surface area contributed by atoms with Crippen molar-refractivity contribution in [3.8, 4) is 0 Å². The maximum atomic E-state index is 10.2. The summed E-state index contributed by atoms with van der Waals surface area (Å²) < 4.78 is 0. The Hall–Kier alpha value is -0.610. The first-order chi connectivity index (χ1) is 10.1. The molecule has 0 aliphatic rings. The topological polar surface area (TPSA) is 35.5 Å². The molecule has 0 saturated carbocycles. The van der Waals surface area contributed by atoms with E-state index in [1.54, 1.807) is 0 Å². The Labute approximate surface area is 134 Å². The molecule has 3 nitrogen and oxygen atoms in total. The highest BCUT2D eigenvalue weighted by molar-refractivity contribution is 6.31. The second-order valence-corrected chi connectivity index (χ2v) is 5.92. The Balaban J connectivity index is 2.26. The Morgan fingerprint density at radius 1 is 1.24 bits per heavy atom. The molecule has 1 rings (SSSR count). The monoisotopic (exact) mass is 312 g/mol. The third kappa shape index (κ3) is 6.79. The van der Waals surface area contributed by atoms with E-state index in [-0.39, 0.29) is 0 Å². The van der Waals surface area contributed by atoms with Crippen LogP contribution in [0.2, 0.25) is 5.02 Å². The van der Waals surface area contributed by atoms with Gasteiger partial charge in [0.05, 0.1) is 6.10 Å². The Morgan fingerprint density at radius 3 is 2.52 bits per heavy atom. The van der Waals surface area contributed by atoms with Gasteiger partial charge >= 0.3 is 0 Å². The molecule has 0 bridgehead atoms. The lowest BCUT2D eigenvalue weighted by molar-refractivity contribution is 0.169. The number of benzene rings is 1. The summed E-state index contributed by atoms with van der Waals surface area (Å²) in [6.07, 6.45) is 1.74. The van der Waals surface area contributed by atoms with E-state index in [1.165, 1.54) is 6.42 Å². The van der Waals surface area contributed by atoms with E-state index >= 15 is 0 Å². The van der Waals surface area contributed by atoms with Crippen LogP contribution in [0.5, 0.6) is 0 Å². The number of hydrogen-bond donors (Lipinski definition) is 2. The van der Waals surface area contributed by atoms with Crippen molar-refractivity contribution in [1.82, 2.24) is 10.2 Å². The van der Waals surface area contributed by atoms with Gasteiger partial charge in [-0.05, 0) is 45.5 Å². The van der Waals surface area contributed by atoms with E-state index in [2.05, 4.69) is 31.0 Å². The zero-order chi connectivity index (χ0) is 15.7. The number of aliphatic hydroxyl groups is 1. The summed E-state index contributed by atoms with van der Waals surface area (Å²) in [5.41, 5.74) is 0.794. The largest absolute Gasteiger partial charge is 0.387 e. The molecule has 1 aromatic rings. The van der Waals surface area contributed by atoms with Crippen molar-refractivity contribution in [2.45, 2.75) is 45.8 Å². The lowest BCUT2D eigenvalue weighted by atomic mass is 10.1. The summed E-state index contributed by atoms with van der Waals surface area (Å²) in [4.78, 5) is 2.44. The van der Waals surface area contributed by atoms with Crippen molar-refractivity contribution < 1.29 is 5.11 Å². The molecule has 1 aromatic carbocycles. The minimum absolute atomic E-state index is 0.401. The average Bonchev–Trinajstić information content (AvgIpc) is 2.49. The molecule has 4 heteroatoms. The van der Waals surface area contributed by atoms with Crippen LogP contribution in [0.25, 0.3) is 0 Å². The highest BCUT2D eigenvalue weighted by Gasteiger charge is 2.12. The molecular formula is C17H29ClN2O. The summed E-state index contributed by atoms with van der Waals surface area (Å²) in [5.74, 6) is 0. The van der Waals surface area contributed by atoms with Gasteiger partial charge in [-0.2, -0.15) is 0 Å². The molecule has 0 amide bonds. The molecule has 2 unspecified atom stereocenters. The van der Waals surface area contributed by atoms with E-state index in [0.717, 1.165) is 31.6 Å². The van der Waals surface area contributed by atoms with Gasteiger partial charge < -0.3 is 15.3 Å². The molecule has 0 aliphatic heterocycles. The number of nitrogens with zero attached hydrogens (tertiary/aromatic N) is 1. The third-order valence-electron chi connectivity index (χ3n) is 3.93. The summed E-state index contributed by atoms with van der Waals surface area (Å²) in [6.45, 7) is 10.5. The zero-order valence-corrected chi connectivity index (χ0v) is 14.2. The standard InChI is InChI=1S/C17H29ClN2O/c1-4-20(5-2)12-8-9-14(3)19-13-17(21)15-10-6-7-11-16(15)18/h6-7,10-11,14,17,19,21H,4-5,8-9,12-13H2,1-3H3. The Kier molecular flexibility index (Phi) is 8.93. The van der Waals surface area contributed by atoms with Crippen LogP contribution in [0.4, 0.5) is 0 Å². The molecule has 2 N–H and O–H groups in total. The second-order valence-electron chi connectivity index (χ2n) is 5.52. The van der Waals surface area contributed by atoms with E-state index in [1.807, 2.05) is 24.3 Å². The SMILES string of the molecule is CCN(CC)CCCC(C)NCC(O)c1ccccc1Cl. The second kappa shape index (κ2) is 10.2. The molecule has 0 heterocycles. The fourth-order valence-corrected chi connectivity index (χ4v) is 2.69. The van der Waals surface area contributed by atoms with Gasteiger partial charge in [-0.3, -0.25) is 0 Å². The van der Waals surface area contributed by atoms with E-state index in [4.69, 9.17) is 11.6 Å². The minimum atomic E-state index is -0.552. The number of rotatable bonds is 10. The van der Waals surface area contributed by atoms with E-state index < -0.39 is 6.10 Å². The summed E-state index contributed by atoms with van der Waals surface area (Å²) in [5, 5.41) is 14.2. The molecule has 0 aromatic heterocycles. The molecule has 0 spiro atoms. The maximum Gasteiger partial charge on any atom is 0.0928 e. The fraction of sp³-hybridized carbons (Fsp3) is 0.647. The van der Waals surface area contributed by atoms with Crippen molar-refractivity contribution >= 4 is 11.6 Å². The van der Waals surface area contributed by atoms with Gasteiger partial charge in [0, 0.05) is 23.2 Å². The first-order valence-corrected chi connectivity index (χ1v) is 8.34. The Bertz CT molecular complexity index is 396. The molecule has 2 atom stereocenters. The first kappa shape index (κ1) is 18.4. The predicted molar refractivity (Wildman–Crippen MR) is 90.9 cm³/mol. The van der Waals surface area contributed by atoms with Crippen molar-refractivity contribution in [2.24, 2.45) is 0 Å². The van der Waals surface area contributed by atoms with E-state index in [0.29, 0.717) is 17.6 Å². The molecule has 21 heavy (non-hydrogen) atoms. The molecule has 0 saturated heterocycles. The van der Waals surface area contributed by atoms with Gasteiger partial charge in [0.15, 0.2) is 0 Å². The fourth-order valence-electron chi connectivity index (χ4n) is 2.43. The van der Waals surface area contributed by atoms with Crippen LogP contribution in [0.15, 0.2) is 24.3 Å². The molecule has 0 radical (unpaired) electrons. The van der Waals surface area contributed by atoms with Crippen LogP contribution < -0.4 is 5.32 Å². The summed E-state index contributed by atoms with van der Waals surface area (Å²) in [6, 6.07) is 7.87. The van der Waals surface area contributed by atoms with Crippen LogP contribution in [-0.4, -0.2) is 42.2 Å². The highest BCUT2D eigenvalue weighted by Crippen LogP contribution is 2.22. The number of hydrogen-bond acceptors (Lipinski definition) is 3. The maximum absolute atomic E-state index is 10.2. The third-order valence-corrected chi connectivity index (χ3v) is 4.27. The summed E-state index contributed by atoms with van der Waals surface area (Å²) in [7, 11) is 0. The number of halogens is 1. The van der Waals surface area contributed by atoms with Gasteiger partial charge in [-0.1, -0.05) is 43.6 Å². The average molecular weight is 313 g/mol. The van der Waals surface area contributed by atoms with Crippen molar-refractivity contribution in [2.75, 3.05) is 26.2 Å². The van der Waals surface area contributed by atoms with Gasteiger partial charge in [-0.25, -0.2) is 0 Å². The van der Waals surface area contributed by atoms with Gasteiger partial charge in [-0.15, -0.1) is 0 Å². The van der Waals surface area contributed by atoms with E-state index in [9.17, 15) is 5.11 Å². The smallest absolute Gasteiger partial charge is 0.0928 e. The number of aliphatic hydroxyl groups excluding tert-OH is 1. The lowest BCUT2D eigenvalue weighted by Crippen LogP contribution is -2.32. The Morgan fingerprint density at radius 2 is 1.90 bits per heavy atom. The first-order valence-electron chi connectivity index (χ1n) is 7.96. The highest BCUT2D eigenvalue weighted by atomic mass is 35.5. The van der Waals surface area contributed by atoms with Gasteiger partial charge in [0.2, 0.25) is 0 Å². The van der Waals surface area contributed by atoms with Crippen molar-refractivity contribution in [1.29, 1.82) is 0 Å². The van der Waals surface area contributed by atoms with Crippen LogP contribution in [0, 0.1) is 0 Å². The van der Waals surface area contributed by atoms with Crippen LogP contribution in [0.3, 0.4) is 0 Å². The minimum Gasteiger partial charge on any atom is -0.387 e. The molecule has 0 fully saturated rings.